The smallest absolute Gasteiger partial charge is 0.346 e. The van der Waals surface area contributed by atoms with Crippen LogP contribution in [0.2, 0.25) is 0 Å². The van der Waals surface area contributed by atoms with Crippen molar-refractivity contribution in [2.75, 3.05) is 6.61 Å². The maximum absolute atomic E-state index is 14.7. The van der Waals surface area contributed by atoms with Crippen LogP contribution in [0.5, 0.6) is 5.75 Å². The van der Waals surface area contributed by atoms with Crippen molar-refractivity contribution in [3.8, 4) is 28.0 Å². The normalized spacial score (nSPS) is 10.9. The summed E-state index contributed by atoms with van der Waals surface area (Å²) < 4.78 is 54.2. The van der Waals surface area contributed by atoms with Gasteiger partial charge in [0.1, 0.15) is 11.6 Å². The summed E-state index contributed by atoms with van der Waals surface area (Å²) in [4.78, 5) is 12.5. The van der Waals surface area contributed by atoms with E-state index in [1.165, 1.54) is 30.3 Å². The number of benzene rings is 4. The molecule has 4 aromatic carbocycles. The first kappa shape index (κ1) is 24.2. The van der Waals surface area contributed by atoms with E-state index < -0.39 is 23.2 Å². The lowest BCUT2D eigenvalue weighted by Gasteiger charge is -2.10. The van der Waals surface area contributed by atoms with Gasteiger partial charge in [-0.25, -0.2) is 18.0 Å². The quantitative estimate of drug-likeness (QED) is 0.205. The van der Waals surface area contributed by atoms with Crippen LogP contribution in [-0.4, -0.2) is 12.6 Å². The van der Waals surface area contributed by atoms with Crippen molar-refractivity contribution in [1.29, 1.82) is 0 Å². The molecule has 0 spiro atoms. The molecule has 0 saturated carbocycles. The number of rotatable bonds is 7. The number of aryl methyl sites for hydroxylation is 1. The van der Waals surface area contributed by atoms with E-state index in [-0.39, 0.29) is 23.7 Å². The van der Waals surface area contributed by atoms with Crippen molar-refractivity contribution in [3.05, 3.63) is 113 Å². The predicted molar refractivity (Wildman–Crippen MR) is 129 cm³/mol. The van der Waals surface area contributed by atoms with Crippen LogP contribution in [0.15, 0.2) is 78.9 Å². The van der Waals surface area contributed by atoms with Gasteiger partial charge in [-0.2, -0.15) is 0 Å². The fraction of sp³-hybridized carbons (Fsp3) is 0.138. The van der Waals surface area contributed by atoms with Gasteiger partial charge in [0.05, 0.1) is 12.2 Å². The molecule has 0 fully saturated rings. The molecule has 0 unspecified atom stereocenters. The zero-order valence-corrected chi connectivity index (χ0v) is 19.3. The van der Waals surface area contributed by atoms with E-state index in [0.29, 0.717) is 28.9 Å². The maximum atomic E-state index is 14.7. The molecule has 0 amide bonds. The molecule has 0 bridgehead atoms. The van der Waals surface area contributed by atoms with Crippen molar-refractivity contribution in [2.45, 2.75) is 20.5 Å². The minimum atomic E-state index is -1.27. The van der Waals surface area contributed by atoms with Crippen molar-refractivity contribution >= 4 is 5.97 Å². The minimum Gasteiger partial charge on any atom is -0.423 e. The second-order valence-electron chi connectivity index (χ2n) is 8.01. The van der Waals surface area contributed by atoms with Crippen molar-refractivity contribution in [2.24, 2.45) is 0 Å². The van der Waals surface area contributed by atoms with E-state index >= 15 is 0 Å². The minimum absolute atomic E-state index is 0.0583. The Morgan fingerprint density at radius 2 is 1.43 bits per heavy atom. The molecule has 4 aromatic rings. The number of ether oxygens (including phenoxy) is 2. The van der Waals surface area contributed by atoms with Crippen LogP contribution >= 0.6 is 0 Å². The molecule has 0 heterocycles. The summed E-state index contributed by atoms with van der Waals surface area (Å²) in [6, 6.07) is 20.7. The van der Waals surface area contributed by atoms with E-state index in [9.17, 15) is 18.0 Å². The van der Waals surface area contributed by atoms with E-state index in [2.05, 4.69) is 0 Å². The average molecular weight is 476 g/mol. The molecule has 0 radical (unpaired) electrons. The number of halogens is 3. The lowest BCUT2D eigenvalue weighted by atomic mass is 10.0. The summed E-state index contributed by atoms with van der Waals surface area (Å²) in [5.41, 5.74) is 2.85. The molecule has 0 aromatic heterocycles. The first-order valence-corrected chi connectivity index (χ1v) is 11.1. The van der Waals surface area contributed by atoms with Crippen LogP contribution in [0, 0.1) is 24.4 Å². The molecule has 35 heavy (non-hydrogen) atoms. The van der Waals surface area contributed by atoms with Gasteiger partial charge in [-0.15, -0.1) is 0 Å². The second-order valence-corrected chi connectivity index (χ2v) is 8.01. The fourth-order valence-corrected chi connectivity index (χ4v) is 3.60. The van der Waals surface area contributed by atoms with E-state index in [1.807, 2.05) is 13.8 Å². The van der Waals surface area contributed by atoms with Gasteiger partial charge >= 0.3 is 5.97 Å². The zero-order valence-electron chi connectivity index (χ0n) is 19.3. The number of hydrogen-bond donors (Lipinski definition) is 0. The fourth-order valence-electron chi connectivity index (χ4n) is 3.60. The standard InChI is InChI=1S/C29H23F3O3/c1-3-34-17-22-9-8-21(16-26(22)30)19-10-12-23(13-11-19)35-29(33)25-15-14-24(27(31)28(25)32)20-6-4-18(2)5-7-20/h4-16H,3,17H2,1-2H3. The molecule has 0 aliphatic carbocycles. The third-order valence-electron chi connectivity index (χ3n) is 5.58. The number of carbonyl (C=O) groups excluding carboxylic acids is 1. The van der Waals surface area contributed by atoms with Gasteiger partial charge in [-0.05, 0) is 54.8 Å². The van der Waals surface area contributed by atoms with Crippen LogP contribution in [0.3, 0.4) is 0 Å². The topological polar surface area (TPSA) is 35.5 Å². The van der Waals surface area contributed by atoms with Crippen LogP contribution < -0.4 is 4.74 Å². The van der Waals surface area contributed by atoms with Crippen molar-refractivity contribution < 1.29 is 27.4 Å². The second kappa shape index (κ2) is 10.6. The molecule has 0 aliphatic heterocycles. The molecule has 178 valence electrons. The summed E-state index contributed by atoms with van der Waals surface area (Å²) in [5, 5.41) is 0. The zero-order chi connectivity index (χ0) is 24.9. The van der Waals surface area contributed by atoms with Gasteiger partial charge in [0, 0.05) is 17.7 Å². The lowest BCUT2D eigenvalue weighted by Crippen LogP contribution is -2.12. The average Bonchev–Trinajstić information content (AvgIpc) is 2.86. The summed E-state index contributed by atoms with van der Waals surface area (Å²) in [6.45, 7) is 4.42. The first-order valence-electron chi connectivity index (χ1n) is 11.1. The van der Waals surface area contributed by atoms with Crippen LogP contribution in [0.4, 0.5) is 13.2 Å². The molecular weight excluding hydrogens is 453 g/mol. The number of hydrogen-bond acceptors (Lipinski definition) is 3. The molecule has 0 aliphatic rings. The first-order chi connectivity index (χ1) is 16.9. The SMILES string of the molecule is CCOCc1ccc(-c2ccc(OC(=O)c3ccc(-c4ccc(C)cc4)c(F)c3F)cc2)cc1F. The Morgan fingerprint density at radius 1 is 0.771 bits per heavy atom. The summed E-state index contributed by atoms with van der Waals surface area (Å²) in [5.74, 6) is -3.63. The highest BCUT2D eigenvalue weighted by Gasteiger charge is 2.21. The molecule has 3 nitrogen and oxygen atoms in total. The van der Waals surface area contributed by atoms with Gasteiger partial charge in [0.2, 0.25) is 0 Å². The highest BCUT2D eigenvalue weighted by Crippen LogP contribution is 2.28. The summed E-state index contributed by atoms with van der Waals surface area (Å²) in [6.07, 6.45) is 0. The molecule has 0 atom stereocenters. The Kier molecular flexibility index (Phi) is 7.32. The highest BCUT2D eigenvalue weighted by atomic mass is 19.2. The van der Waals surface area contributed by atoms with Crippen molar-refractivity contribution in [1.82, 2.24) is 0 Å². The molecule has 0 N–H and O–H groups in total. The van der Waals surface area contributed by atoms with E-state index in [1.54, 1.807) is 48.5 Å². The summed E-state index contributed by atoms with van der Waals surface area (Å²) >= 11 is 0. The molecule has 6 heteroatoms. The molecule has 4 rings (SSSR count). The van der Waals surface area contributed by atoms with Gasteiger partial charge in [0.15, 0.2) is 11.6 Å². The molecular formula is C29H23F3O3. The Labute approximate surface area is 201 Å². The third kappa shape index (κ3) is 5.44. The van der Waals surface area contributed by atoms with Gasteiger partial charge in [0.25, 0.3) is 0 Å². The van der Waals surface area contributed by atoms with Crippen LogP contribution in [0.1, 0.15) is 28.4 Å². The Morgan fingerprint density at radius 3 is 2.09 bits per heavy atom. The lowest BCUT2D eigenvalue weighted by molar-refractivity contribution is 0.0728. The van der Waals surface area contributed by atoms with E-state index in [0.717, 1.165) is 5.56 Å². The maximum Gasteiger partial charge on any atom is 0.346 e. The Bertz CT molecular complexity index is 1350. The van der Waals surface area contributed by atoms with Gasteiger partial charge < -0.3 is 9.47 Å². The highest BCUT2D eigenvalue weighted by molar-refractivity contribution is 5.92. The van der Waals surface area contributed by atoms with E-state index in [4.69, 9.17) is 9.47 Å². The number of carbonyl (C=O) groups is 1. The number of esters is 1. The third-order valence-corrected chi connectivity index (χ3v) is 5.58. The Balaban J connectivity index is 1.49. The monoisotopic (exact) mass is 476 g/mol. The van der Waals surface area contributed by atoms with Crippen LogP contribution in [-0.2, 0) is 11.3 Å². The predicted octanol–water partition coefficient (Wildman–Crippen LogP) is 7.50. The van der Waals surface area contributed by atoms with Crippen LogP contribution in [0.25, 0.3) is 22.3 Å². The van der Waals surface area contributed by atoms with Gasteiger partial charge in [-0.3, -0.25) is 0 Å². The molecule has 0 saturated heterocycles. The summed E-state index contributed by atoms with van der Waals surface area (Å²) in [7, 11) is 0. The van der Waals surface area contributed by atoms with Gasteiger partial charge in [-0.1, -0.05) is 60.2 Å². The Hall–Kier alpha value is -3.90. The largest absolute Gasteiger partial charge is 0.423 e. The van der Waals surface area contributed by atoms with Crippen molar-refractivity contribution in [3.63, 3.8) is 0 Å².